The number of carbonyl (C=O) groups excluding carboxylic acids is 2. The molecule has 2 N–H and O–H groups in total. The second kappa shape index (κ2) is 10.0. The summed E-state index contributed by atoms with van der Waals surface area (Å²) < 4.78 is 13.2. The minimum atomic E-state index is -0.310. The van der Waals surface area contributed by atoms with E-state index in [9.17, 15) is 14.0 Å². The average Bonchev–Trinajstić information content (AvgIpc) is 2.67. The highest BCUT2D eigenvalue weighted by molar-refractivity contribution is 5.78. The molecule has 0 aliphatic heterocycles. The Kier molecular flexibility index (Phi) is 7.76. The Bertz CT molecular complexity index is 801. The molecule has 0 heterocycles. The van der Waals surface area contributed by atoms with Crippen LogP contribution in [0.5, 0.6) is 0 Å². The van der Waals surface area contributed by atoms with Gasteiger partial charge in [-0.2, -0.15) is 0 Å². The maximum Gasteiger partial charge on any atom is 0.317 e. The van der Waals surface area contributed by atoms with E-state index in [1.807, 2.05) is 51.1 Å². The molecule has 0 radical (unpaired) electrons. The van der Waals surface area contributed by atoms with E-state index in [1.54, 1.807) is 24.1 Å². The van der Waals surface area contributed by atoms with Gasteiger partial charge in [-0.25, -0.2) is 9.18 Å². The zero-order valence-electron chi connectivity index (χ0n) is 17.5. The third kappa shape index (κ3) is 7.22. The van der Waals surface area contributed by atoms with E-state index >= 15 is 0 Å². The van der Waals surface area contributed by atoms with Crippen LogP contribution in [0.1, 0.15) is 44.4 Å². The minimum Gasteiger partial charge on any atom is -0.349 e. The van der Waals surface area contributed by atoms with E-state index in [1.165, 1.54) is 12.1 Å². The number of halogens is 1. The first-order valence-electron chi connectivity index (χ1n) is 9.74. The number of rotatable bonds is 7. The molecule has 2 rings (SSSR count). The van der Waals surface area contributed by atoms with Crippen LogP contribution in [0, 0.1) is 11.2 Å². The van der Waals surface area contributed by atoms with E-state index < -0.39 is 0 Å². The van der Waals surface area contributed by atoms with Crippen molar-refractivity contribution < 1.29 is 14.0 Å². The molecule has 0 saturated heterocycles. The van der Waals surface area contributed by atoms with Gasteiger partial charge in [0.2, 0.25) is 5.91 Å². The number of nitrogens with one attached hydrogen (secondary N) is 2. The summed E-state index contributed by atoms with van der Waals surface area (Å²) >= 11 is 0. The van der Waals surface area contributed by atoms with Crippen molar-refractivity contribution in [3.63, 3.8) is 0 Å². The highest BCUT2D eigenvalue weighted by Crippen LogP contribution is 2.32. The van der Waals surface area contributed by atoms with Crippen molar-refractivity contribution >= 4 is 11.9 Å². The molecule has 1 atom stereocenters. The molecule has 2 aromatic rings. The van der Waals surface area contributed by atoms with Crippen LogP contribution < -0.4 is 10.6 Å². The zero-order chi connectivity index (χ0) is 21.4. The van der Waals surface area contributed by atoms with Gasteiger partial charge < -0.3 is 15.5 Å². The monoisotopic (exact) mass is 399 g/mol. The van der Waals surface area contributed by atoms with Gasteiger partial charge >= 0.3 is 6.03 Å². The third-order valence-corrected chi connectivity index (χ3v) is 4.61. The average molecular weight is 400 g/mol. The lowest BCUT2D eigenvalue weighted by Gasteiger charge is -2.32. The molecule has 1 unspecified atom stereocenters. The van der Waals surface area contributed by atoms with Crippen molar-refractivity contribution in [1.29, 1.82) is 0 Å². The van der Waals surface area contributed by atoms with Gasteiger partial charge in [-0.15, -0.1) is 0 Å². The van der Waals surface area contributed by atoms with E-state index in [2.05, 4.69) is 10.6 Å². The highest BCUT2D eigenvalue weighted by atomic mass is 19.1. The Balaban J connectivity index is 1.84. The Hall–Kier alpha value is -2.89. The van der Waals surface area contributed by atoms with Crippen LogP contribution in [-0.4, -0.2) is 30.4 Å². The minimum absolute atomic E-state index is 0.165. The van der Waals surface area contributed by atoms with Gasteiger partial charge in [0, 0.05) is 26.6 Å². The molecule has 0 fully saturated rings. The van der Waals surface area contributed by atoms with Crippen molar-refractivity contribution in [3.8, 4) is 0 Å². The maximum absolute atomic E-state index is 13.2. The summed E-state index contributed by atoms with van der Waals surface area (Å²) in [6, 6.07) is 15.4. The molecule has 0 aliphatic rings. The molecule has 0 spiro atoms. The Morgan fingerprint density at radius 3 is 2.24 bits per heavy atom. The van der Waals surface area contributed by atoms with Crippen LogP contribution in [0.3, 0.4) is 0 Å². The number of nitrogens with zero attached hydrogens (tertiary/aromatic N) is 1. The standard InChI is InChI=1S/C23H30FN3O2/c1-23(2,3)21(18-10-12-19(24)13-11-18)26-20(28)14-15-25-22(29)27(4)16-17-8-6-5-7-9-17/h5-13,21H,14-16H2,1-4H3,(H,25,29)(H,26,28). The van der Waals surface area contributed by atoms with E-state index in [0.29, 0.717) is 6.54 Å². The second-order valence-electron chi connectivity index (χ2n) is 8.24. The largest absolute Gasteiger partial charge is 0.349 e. The summed E-state index contributed by atoms with van der Waals surface area (Å²) in [6.07, 6.45) is 0.165. The number of carbonyl (C=O) groups is 2. The quantitative estimate of drug-likeness (QED) is 0.731. The molecule has 3 amide bonds. The first-order valence-corrected chi connectivity index (χ1v) is 9.74. The van der Waals surface area contributed by atoms with Crippen LogP contribution in [0.25, 0.3) is 0 Å². The van der Waals surface area contributed by atoms with Crippen LogP contribution in [-0.2, 0) is 11.3 Å². The summed E-state index contributed by atoms with van der Waals surface area (Å²) in [6.45, 7) is 6.78. The number of hydrogen-bond donors (Lipinski definition) is 2. The first kappa shape index (κ1) is 22.4. The lowest BCUT2D eigenvalue weighted by atomic mass is 9.82. The van der Waals surface area contributed by atoms with Crippen LogP contribution in [0.4, 0.5) is 9.18 Å². The van der Waals surface area contributed by atoms with Gasteiger partial charge in [0.15, 0.2) is 0 Å². The number of hydrogen-bond acceptors (Lipinski definition) is 2. The fraction of sp³-hybridized carbons (Fsp3) is 0.391. The predicted octanol–water partition coefficient (Wildman–Crippen LogP) is 4.26. The van der Waals surface area contributed by atoms with E-state index in [0.717, 1.165) is 11.1 Å². The maximum atomic E-state index is 13.2. The van der Waals surface area contributed by atoms with Crippen molar-refractivity contribution in [1.82, 2.24) is 15.5 Å². The van der Waals surface area contributed by atoms with Crippen LogP contribution in [0.15, 0.2) is 54.6 Å². The van der Waals surface area contributed by atoms with Gasteiger partial charge in [-0.05, 0) is 28.7 Å². The molecule has 0 aromatic heterocycles. The number of urea groups is 1. The van der Waals surface area contributed by atoms with Gasteiger partial charge in [0.05, 0.1) is 6.04 Å². The summed E-state index contributed by atoms with van der Waals surface area (Å²) in [5.41, 5.74) is 1.64. The molecule has 6 heteroatoms. The van der Waals surface area contributed by atoms with Crippen LogP contribution in [0.2, 0.25) is 0 Å². The first-order chi connectivity index (χ1) is 13.7. The SMILES string of the molecule is CN(Cc1ccccc1)C(=O)NCCC(=O)NC(c1ccc(F)cc1)C(C)(C)C. The normalized spacial score (nSPS) is 12.2. The summed E-state index contributed by atoms with van der Waals surface area (Å²) in [4.78, 5) is 26.2. The topological polar surface area (TPSA) is 61.4 Å². The highest BCUT2D eigenvalue weighted by Gasteiger charge is 2.27. The van der Waals surface area contributed by atoms with Gasteiger partial charge in [0.25, 0.3) is 0 Å². The van der Waals surface area contributed by atoms with Gasteiger partial charge in [0.1, 0.15) is 5.82 Å². The molecule has 29 heavy (non-hydrogen) atoms. The van der Waals surface area contributed by atoms with Crippen LogP contribution >= 0.6 is 0 Å². The third-order valence-electron chi connectivity index (χ3n) is 4.61. The Morgan fingerprint density at radius 1 is 1.03 bits per heavy atom. The van der Waals surface area contributed by atoms with E-state index in [-0.39, 0.29) is 42.2 Å². The molecular weight excluding hydrogens is 369 g/mol. The molecular formula is C23H30FN3O2. The summed E-state index contributed by atoms with van der Waals surface area (Å²) in [7, 11) is 1.71. The summed E-state index contributed by atoms with van der Waals surface area (Å²) in [5, 5.41) is 5.78. The molecule has 156 valence electrons. The molecule has 5 nitrogen and oxygen atoms in total. The van der Waals surface area contributed by atoms with Crippen molar-refractivity contribution in [2.75, 3.05) is 13.6 Å². The fourth-order valence-corrected chi connectivity index (χ4v) is 3.04. The van der Waals surface area contributed by atoms with Crippen molar-refractivity contribution in [2.45, 2.75) is 39.8 Å². The molecule has 0 aliphatic carbocycles. The van der Waals surface area contributed by atoms with Crippen molar-refractivity contribution in [2.24, 2.45) is 5.41 Å². The lowest BCUT2D eigenvalue weighted by molar-refractivity contribution is -0.122. The lowest BCUT2D eigenvalue weighted by Crippen LogP contribution is -2.40. The fourth-order valence-electron chi connectivity index (χ4n) is 3.04. The number of amides is 3. The smallest absolute Gasteiger partial charge is 0.317 e. The van der Waals surface area contributed by atoms with E-state index in [4.69, 9.17) is 0 Å². The molecule has 2 aromatic carbocycles. The Labute approximate surface area is 172 Å². The van der Waals surface area contributed by atoms with Crippen molar-refractivity contribution in [3.05, 3.63) is 71.5 Å². The molecule has 0 saturated carbocycles. The molecule has 0 bridgehead atoms. The zero-order valence-corrected chi connectivity index (χ0v) is 17.5. The predicted molar refractivity (Wildman–Crippen MR) is 113 cm³/mol. The second-order valence-corrected chi connectivity index (χ2v) is 8.24. The van der Waals surface area contributed by atoms with Gasteiger partial charge in [-0.1, -0.05) is 63.2 Å². The number of benzene rings is 2. The van der Waals surface area contributed by atoms with Gasteiger partial charge in [-0.3, -0.25) is 4.79 Å². The summed E-state index contributed by atoms with van der Waals surface area (Å²) in [5.74, 6) is -0.477. The Morgan fingerprint density at radius 2 is 1.66 bits per heavy atom.